The molecule has 0 bridgehead atoms. The number of rotatable bonds is 7. The summed E-state index contributed by atoms with van der Waals surface area (Å²) in [5.74, 6) is -0.854. The van der Waals surface area contributed by atoms with Crippen molar-refractivity contribution in [1.29, 1.82) is 0 Å². The van der Waals surface area contributed by atoms with Gasteiger partial charge in [-0.1, -0.05) is 11.6 Å². The van der Waals surface area contributed by atoms with Crippen molar-refractivity contribution in [3.05, 3.63) is 81.3 Å². The Morgan fingerprint density at radius 1 is 1.13 bits per heavy atom. The number of benzene rings is 2. The highest BCUT2D eigenvalue weighted by molar-refractivity contribution is 6.32. The van der Waals surface area contributed by atoms with Gasteiger partial charge in [-0.25, -0.2) is 0 Å². The molecular formula is C19H12ClF3N2O6. The summed E-state index contributed by atoms with van der Waals surface area (Å²) < 4.78 is 51.0. The average molecular weight is 457 g/mol. The molecule has 0 saturated heterocycles. The highest BCUT2D eigenvalue weighted by Gasteiger charge is 2.31. The zero-order chi connectivity index (χ0) is 22.6. The zero-order valence-electron chi connectivity index (χ0n) is 15.3. The molecule has 1 heterocycles. The van der Waals surface area contributed by atoms with E-state index in [-0.39, 0.29) is 40.3 Å². The van der Waals surface area contributed by atoms with Gasteiger partial charge in [0, 0.05) is 11.8 Å². The van der Waals surface area contributed by atoms with Gasteiger partial charge in [0.2, 0.25) is 0 Å². The van der Waals surface area contributed by atoms with E-state index in [1.165, 1.54) is 36.4 Å². The number of ether oxygens (including phenoxy) is 2. The topological polar surface area (TPSA) is 104 Å². The van der Waals surface area contributed by atoms with Gasteiger partial charge in [0.25, 0.3) is 11.6 Å². The third kappa shape index (κ3) is 6.12. The van der Waals surface area contributed by atoms with Crippen LogP contribution in [0.25, 0.3) is 0 Å². The minimum Gasteiger partial charge on any atom is -0.484 e. The van der Waals surface area contributed by atoms with E-state index in [0.29, 0.717) is 0 Å². The number of nitrogens with one attached hydrogen (secondary N) is 1. The molecule has 0 radical (unpaired) electrons. The van der Waals surface area contributed by atoms with Crippen LogP contribution in [-0.4, -0.2) is 17.2 Å². The van der Waals surface area contributed by atoms with Gasteiger partial charge in [-0.15, -0.1) is 13.2 Å². The Hall–Kier alpha value is -3.73. The van der Waals surface area contributed by atoms with Crippen molar-refractivity contribution in [2.45, 2.75) is 13.0 Å². The number of carbonyl (C=O) groups excluding carboxylic acids is 1. The average Bonchev–Trinajstić information content (AvgIpc) is 3.17. The summed E-state index contributed by atoms with van der Waals surface area (Å²) in [6.07, 6.45) is -4.81. The molecule has 0 spiro atoms. The number of nitro groups is 1. The van der Waals surface area contributed by atoms with Gasteiger partial charge in [0.05, 0.1) is 16.0 Å². The van der Waals surface area contributed by atoms with Gasteiger partial charge in [-0.3, -0.25) is 14.9 Å². The lowest BCUT2D eigenvalue weighted by molar-refractivity contribution is -0.384. The van der Waals surface area contributed by atoms with Gasteiger partial charge < -0.3 is 19.2 Å². The molecule has 0 unspecified atom stereocenters. The molecule has 2 aromatic carbocycles. The summed E-state index contributed by atoms with van der Waals surface area (Å²) in [6.45, 7) is -0.155. The first-order valence-corrected chi connectivity index (χ1v) is 8.81. The minimum atomic E-state index is -4.81. The molecule has 0 aliphatic rings. The first kappa shape index (κ1) is 22.0. The lowest BCUT2D eigenvalue weighted by Gasteiger charge is -2.09. The number of furan rings is 1. The number of anilines is 1. The molecule has 0 saturated carbocycles. The minimum absolute atomic E-state index is 0.0689. The molecule has 162 valence electrons. The molecule has 12 heteroatoms. The second-order valence-electron chi connectivity index (χ2n) is 5.95. The molecule has 0 fully saturated rings. The maximum absolute atomic E-state index is 12.2. The standard InChI is InChI=1S/C19H12ClF3N2O6/c20-15-7-3-12(25(27)28)9-17(15)29-10-14-6-8-16(30-14)18(26)24-11-1-4-13(5-2-11)31-19(21,22)23/h1-9H,10H2,(H,24,26). The number of nitrogens with zero attached hydrogens (tertiary/aromatic N) is 1. The van der Waals surface area contributed by atoms with Crippen molar-refractivity contribution in [3.8, 4) is 11.5 Å². The fraction of sp³-hybridized carbons (Fsp3) is 0.105. The molecule has 3 rings (SSSR count). The summed E-state index contributed by atoms with van der Waals surface area (Å²) in [7, 11) is 0. The molecular weight excluding hydrogens is 445 g/mol. The van der Waals surface area contributed by atoms with Crippen LogP contribution in [0, 0.1) is 10.1 Å². The van der Waals surface area contributed by atoms with E-state index in [1.807, 2.05) is 0 Å². The number of non-ortho nitro benzene ring substituents is 1. The molecule has 3 aromatic rings. The Morgan fingerprint density at radius 2 is 1.84 bits per heavy atom. The van der Waals surface area contributed by atoms with Gasteiger partial charge in [0.1, 0.15) is 23.9 Å². The summed E-state index contributed by atoms with van der Waals surface area (Å²) >= 11 is 5.95. The van der Waals surface area contributed by atoms with E-state index in [4.69, 9.17) is 20.8 Å². The van der Waals surface area contributed by atoms with E-state index >= 15 is 0 Å². The number of carbonyl (C=O) groups is 1. The maximum atomic E-state index is 12.2. The van der Waals surface area contributed by atoms with E-state index < -0.39 is 22.9 Å². The predicted molar refractivity (Wildman–Crippen MR) is 102 cm³/mol. The Labute approximate surface area is 177 Å². The summed E-state index contributed by atoms with van der Waals surface area (Å²) in [5, 5.41) is 13.5. The van der Waals surface area contributed by atoms with Crippen LogP contribution in [-0.2, 0) is 6.61 Å². The molecule has 0 atom stereocenters. The highest BCUT2D eigenvalue weighted by atomic mass is 35.5. The van der Waals surface area contributed by atoms with Crippen LogP contribution < -0.4 is 14.8 Å². The van der Waals surface area contributed by atoms with E-state index in [9.17, 15) is 28.1 Å². The Balaban J connectivity index is 1.60. The summed E-state index contributed by atoms with van der Waals surface area (Å²) in [4.78, 5) is 22.5. The van der Waals surface area contributed by atoms with Crippen LogP contribution in [0.5, 0.6) is 11.5 Å². The lowest BCUT2D eigenvalue weighted by atomic mass is 10.3. The molecule has 1 aromatic heterocycles. The largest absolute Gasteiger partial charge is 0.573 e. The fourth-order valence-electron chi connectivity index (χ4n) is 2.38. The quantitative estimate of drug-likeness (QED) is 0.368. The van der Waals surface area contributed by atoms with Crippen molar-refractivity contribution in [1.82, 2.24) is 0 Å². The van der Waals surface area contributed by atoms with Crippen molar-refractivity contribution in [3.63, 3.8) is 0 Å². The van der Waals surface area contributed by atoms with Crippen molar-refractivity contribution in [2.75, 3.05) is 5.32 Å². The van der Waals surface area contributed by atoms with Crippen molar-refractivity contribution in [2.24, 2.45) is 0 Å². The van der Waals surface area contributed by atoms with Crippen molar-refractivity contribution >= 4 is 28.9 Å². The molecule has 0 aliphatic carbocycles. The smallest absolute Gasteiger partial charge is 0.484 e. The molecule has 1 N–H and O–H groups in total. The highest BCUT2D eigenvalue weighted by Crippen LogP contribution is 2.30. The Morgan fingerprint density at radius 3 is 2.48 bits per heavy atom. The molecule has 8 nitrogen and oxygen atoms in total. The third-order valence-electron chi connectivity index (χ3n) is 3.73. The Bertz CT molecular complexity index is 1100. The molecule has 0 aliphatic heterocycles. The maximum Gasteiger partial charge on any atom is 0.573 e. The van der Waals surface area contributed by atoms with Crippen LogP contribution in [0.3, 0.4) is 0 Å². The van der Waals surface area contributed by atoms with Crippen molar-refractivity contribution < 1.29 is 36.8 Å². The van der Waals surface area contributed by atoms with Crippen LogP contribution in [0.15, 0.2) is 59.0 Å². The van der Waals surface area contributed by atoms with E-state index in [2.05, 4.69) is 10.1 Å². The normalized spacial score (nSPS) is 11.1. The number of hydrogen-bond donors (Lipinski definition) is 1. The summed E-state index contributed by atoms with van der Waals surface area (Å²) in [5.41, 5.74) is 0.0164. The number of amides is 1. The van der Waals surface area contributed by atoms with Gasteiger partial charge in [-0.05, 0) is 42.5 Å². The van der Waals surface area contributed by atoms with Crippen LogP contribution in [0.1, 0.15) is 16.3 Å². The first-order valence-electron chi connectivity index (χ1n) is 8.43. The van der Waals surface area contributed by atoms with Gasteiger partial charge in [0.15, 0.2) is 5.76 Å². The summed E-state index contributed by atoms with van der Waals surface area (Å²) in [6, 6.07) is 11.1. The SMILES string of the molecule is O=C(Nc1ccc(OC(F)(F)F)cc1)c1ccc(COc2cc([N+](=O)[O-])ccc2Cl)o1. The van der Waals surface area contributed by atoms with E-state index in [0.717, 1.165) is 18.2 Å². The number of alkyl halides is 3. The van der Waals surface area contributed by atoms with Gasteiger partial charge in [-0.2, -0.15) is 0 Å². The monoisotopic (exact) mass is 456 g/mol. The lowest BCUT2D eigenvalue weighted by Crippen LogP contribution is -2.17. The Kier molecular flexibility index (Phi) is 6.35. The fourth-order valence-corrected chi connectivity index (χ4v) is 2.55. The zero-order valence-corrected chi connectivity index (χ0v) is 16.1. The second kappa shape index (κ2) is 8.96. The third-order valence-corrected chi connectivity index (χ3v) is 4.04. The predicted octanol–water partition coefficient (Wildman–Crippen LogP) is 5.57. The van der Waals surface area contributed by atoms with Gasteiger partial charge >= 0.3 is 6.36 Å². The van der Waals surface area contributed by atoms with E-state index in [1.54, 1.807) is 0 Å². The second-order valence-corrected chi connectivity index (χ2v) is 6.36. The molecule has 1 amide bonds. The van der Waals surface area contributed by atoms with Crippen LogP contribution in [0.2, 0.25) is 5.02 Å². The van der Waals surface area contributed by atoms with Crippen LogP contribution >= 0.6 is 11.6 Å². The number of nitro benzene ring substituents is 1. The van der Waals surface area contributed by atoms with Crippen LogP contribution in [0.4, 0.5) is 24.5 Å². The number of hydrogen-bond acceptors (Lipinski definition) is 6. The molecule has 31 heavy (non-hydrogen) atoms. The first-order chi connectivity index (χ1) is 14.6. The number of halogens is 4.